The molecule has 0 bridgehead atoms. The number of hydrogen-bond donors (Lipinski definition) is 0. The van der Waals surface area contributed by atoms with Crippen molar-refractivity contribution in [3.63, 3.8) is 0 Å². The predicted molar refractivity (Wildman–Crippen MR) is 268 cm³/mol. The van der Waals surface area contributed by atoms with Gasteiger partial charge in [-0.15, -0.1) is 0 Å². The number of aromatic nitrogens is 6. The van der Waals surface area contributed by atoms with Crippen molar-refractivity contribution in [3.8, 4) is 86.0 Å². The minimum absolute atomic E-state index is 0.383. The lowest BCUT2D eigenvalue weighted by molar-refractivity contribution is 1.06. The Morgan fingerprint density at radius 2 is 0.838 bits per heavy atom. The average Bonchev–Trinajstić information content (AvgIpc) is 3.93. The third-order valence-electron chi connectivity index (χ3n) is 12.5. The SMILES string of the molecule is N#Cc1cc(C#N)cc(-c2ccc3c(c2)c2ccccc2n3-c2c(-c3nc(-c4ccccc4)nc(-c4ccccc4)n3)cc(C#N)cc2-c2cnccc2-n2c3ccccc3c3ccccc32)c1. The molecule has 0 unspecified atom stereocenters. The normalized spacial score (nSPS) is 11.2. The number of rotatable bonds is 7. The van der Waals surface area contributed by atoms with Crippen LogP contribution in [0.25, 0.3) is 111 Å². The van der Waals surface area contributed by atoms with Crippen LogP contribution in [-0.4, -0.2) is 29.1 Å². The van der Waals surface area contributed by atoms with Crippen LogP contribution in [0.3, 0.4) is 0 Å². The van der Waals surface area contributed by atoms with E-state index in [1.165, 1.54) is 0 Å². The minimum Gasteiger partial charge on any atom is -0.309 e. The van der Waals surface area contributed by atoms with Crippen LogP contribution in [0.4, 0.5) is 0 Å². The van der Waals surface area contributed by atoms with Crippen LogP contribution in [0.2, 0.25) is 0 Å². The smallest absolute Gasteiger partial charge is 0.166 e. The van der Waals surface area contributed by atoms with Gasteiger partial charge in [0.2, 0.25) is 0 Å². The van der Waals surface area contributed by atoms with Crippen LogP contribution < -0.4 is 0 Å². The molecule has 0 atom stereocenters. The van der Waals surface area contributed by atoms with E-state index in [-0.39, 0.29) is 0 Å². The van der Waals surface area contributed by atoms with Crippen molar-refractivity contribution in [1.82, 2.24) is 29.1 Å². The van der Waals surface area contributed by atoms with E-state index in [2.05, 4.69) is 100 Å². The first-order chi connectivity index (χ1) is 33.6. The summed E-state index contributed by atoms with van der Waals surface area (Å²) in [7, 11) is 0. The van der Waals surface area contributed by atoms with Crippen LogP contribution in [0, 0.1) is 34.0 Å². The van der Waals surface area contributed by atoms with Crippen molar-refractivity contribution >= 4 is 43.6 Å². The lowest BCUT2D eigenvalue weighted by Crippen LogP contribution is -2.07. The number of hydrogen-bond acceptors (Lipinski definition) is 7. The highest BCUT2D eigenvalue weighted by Crippen LogP contribution is 2.45. The molecule has 314 valence electrons. The van der Waals surface area contributed by atoms with E-state index in [1.807, 2.05) is 122 Å². The molecule has 0 spiro atoms. The molecule has 68 heavy (non-hydrogen) atoms. The van der Waals surface area contributed by atoms with E-state index in [0.717, 1.165) is 88.4 Å². The molecule has 0 saturated carbocycles. The van der Waals surface area contributed by atoms with Gasteiger partial charge in [-0.3, -0.25) is 4.98 Å². The lowest BCUT2D eigenvalue weighted by Gasteiger charge is -2.21. The maximum Gasteiger partial charge on any atom is 0.166 e. The van der Waals surface area contributed by atoms with Gasteiger partial charge in [0.05, 0.1) is 68.3 Å². The standard InChI is InChI=1S/C59H33N9/c60-33-37-27-38(34-61)29-43(28-37)42-23-24-54-47(32-42)46-19-9-12-22-53(46)68(54)56-48(50-36-63-26-25-55(50)67-51-20-10-7-17-44(51)45-18-8-11-21-52(45)67)30-39(35-62)31-49(56)59-65-57(40-13-3-1-4-14-40)64-58(66-59)41-15-5-2-6-16-41/h1-32,36H. The van der Waals surface area contributed by atoms with Crippen molar-refractivity contribution < 1.29 is 0 Å². The Morgan fingerprint density at radius 3 is 1.43 bits per heavy atom. The second-order valence-electron chi connectivity index (χ2n) is 16.4. The van der Waals surface area contributed by atoms with Gasteiger partial charge in [0.1, 0.15) is 0 Å². The topological polar surface area (TPSA) is 133 Å². The van der Waals surface area contributed by atoms with Crippen molar-refractivity contribution in [1.29, 1.82) is 15.8 Å². The van der Waals surface area contributed by atoms with Crippen LogP contribution in [0.15, 0.2) is 200 Å². The Morgan fingerprint density at radius 1 is 0.353 bits per heavy atom. The third-order valence-corrected chi connectivity index (χ3v) is 12.5. The van der Waals surface area contributed by atoms with Gasteiger partial charge in [-0.25, -0.2) is 15.0 Å². The zero-order valence-corrected chi connectivity index (χ0v) is 36.1. The second kappa shape index (κ2) is 16.2. The number of para-hydroxylation sites is 3. The van der Waals surface area contributed by atoms with Crippen LogP contribution >= 0.6 is 0 Å². The minimum atomic E-state index is 0.383. The summed E-state index contributed by atoms with van der Waals surface area (Å²) in [5, 5.41) is 34.9. The molecule has 0 aliphatic carbocycles. The van der Waals surface area contributed by atoms with Crippen LogP contribution in [0.5, 0.6) is 0 Å². The van der Waals surface area contributed by atoms with E-state index in [9.17, 15) is 15.8 Å². The molecule has 4 heterocycles. The summed E-state index contributed by atoms with van der Waals surface area (Å²) in [6.07, 6.45) is 3.68. The Balaban J connectivity index is 1.22. The first-order valence-corrected chi connectivity index (χ1v) is 22.0. The van der Waals surface area contributed by atoms with E-state index in [0.29, 0.717) is 39.7 Å². The van der Waals surface area contributed by atoms with E-state index in [4.69, 9.17) is 19.9 Å². The molecule has 0 N–H and O–H groups in total. The van der Waals surface area contributed by atoms with Gasteiger partial charge in [-0.2, -0.15) is 15.8 Å². The first kappa shape index (κ1) is 39.6. The number of nitrogens with zero attached hydrogens (tertiary/aromatic N) is 9. The maximum absolute atomic E-state index is 11.0. The van der Waals surface area contributed by atoms with Gasteiger partial charge in [-0.1, -0.05) is 121 Å². The first-order valence-electron chi connectivity index (χ1n) is 22.0. The fraction of sp³-hybridized carbons (Fsp3) is 0. The Bertz CT molecular complexity index is 3990. The fourth-order valence-corrected chi connectivity index (χ4v) is 9.53. The number of benzene rings is 8. The van der Waals surface area contributed by atoms with Crippen molar-refractivity contribution in [2.75, 3.05) is 0 Å². The second-order valence-corrected chi connectivity index (χ2v) is 16.4. The molecule has 12 aromatic rings. The van der Waals surface area contributed by atoms with Gasteiger partial charge < -0.3 is 9.13 Å². The Kier molecular flexibility index (Phi) is 9.43. The largest absolute Gasteiger partial charge is 0.309 e. The summed E-state index contributed by atoms with van der Waals surface area (Å²) in [6, 6.07) is 69.0. The zero-order valence-electron chi connectivity index (χ0n) is 36.1. The van der Waals surface area contributed by atoms with Gasteiger partial charge in [-0.05, 0) is 77.9 Å². The summed E-state index contributed by atoms with van der Waals surface area (Å²) in [6.45, 7) is 0. The summed E-state index contributed by atoms with van der Waals surface area (Å²) < 4.78 is 4.51. The molecule has 0 aliphatic heterocycles. The molecule has 0 saturated heterocycles. The molecular formula is C59H33N9. The van der Waals surface area contributed by atoms with Gasteiger partial charge in [0, 0.05) is 61.8 Å². The van der Waals surface area contributed by atoms with Crippen molar-refractivity contribution in [2.45, 2.75) is 0 Å². The molecule has 9 heteroatoms. The summed E-state index contributed by atoms with van der Waals surface area (Å²) in [5.41, 5.74) is 12.1. The molecule has 4 aromatic heterocycles. The summed E-state index contributed by atoms with van der Waals surface area (Å²) >= 11 is 0. The summed E-state index contributed by atoms with van der Waals surface area (Å²) in [5.74, 6) is 1.35. The molecule has 0 amide bonds. The Labute approximate surface area is 390 Å². The lowest BCUT2D eigenvalue weighted by atomic mass is 9.95. The molecule has 0 radical (unpaired) electrons. The van der Waals surface area contributed by atoms with E-state index in [1.54, 1.807) is 6.07 Å². The highest BCUT2D eigenvalue weighted by Gasteiger charge is 2.26. The quantitative estimate of drug-likeness (QED) is 0.156. The highest BCUT2D eigenvalue weighted by molar-refractivity contribution is 6.13. The molecule has 12 rings (SSSR count). The fourth-order valence-electron chi connectivity index (χ4n) is 9.53. The van der Waals surface area contributed by atoms with Crippen molar-refractivity contribution in [2.24, 2.45) is 0 Å². The van der Waals surface area contributed by atoms with E-state index >= 15 is 0 Å². The number of nitriles is 3. The average molecular weight is 868 g/mol. The monoisotopic (exact) mass is 867 g/mol. The Hall–Kier alpha value is -10.0. The molecule has 9 nitrogen and oxygen atoms in total. The van der Waals surface area contributed by atoms with Crippen LogP contribution in [-0.2, 0) is 0 Å². The van der Waals surface area contributed by atoms with Gasteiger partial charge in [0.15, 0.2) is 17.5 Å². The zero-order chi connectivity index (χ0) is 45.7. The molecular weight excluding hydrogens is 835 g/mol. The predicted octanol–water partition coefficient (Wildman–Crippen LogP) is 13.4. The number of fused-ring (bicyclic) bond motifs is 6. The molecule has 0 aliphatic rings. The maximum atomic E-state index is 11.0. The van der Waals surface area contributed by atoms with E-state index < -0.39 is 0 Å². The third kappa shape index (κ3) is 6.53. The van der Waals surface area contributed by atoms with Gasteiger partial charge in [0.25, 0.3) is 0 Å². The van der Waals surface area contributed by atoms with Gasteiger partial charge >= 0.3 is 0 Å². The molecule has 8 aromatic carbocycles. The summed E-state index contributed by atoms with van der Waals surface area (Å²) in [4.78, 5) is 20.3. The van der Waals surface area contributed by atoms with Crippen LogP contribution in [0.1, 0.15) is 16.7 Å². The molecule has 0 fully saturated rings. The van der Waals surface area contributed by atoms with Crippen molar-refractivity contribution in [3.05, 3.63) is 217 Å². The number of pyridine rings is 1. The highest BCUT2D eigenvalue weighted by atomic mass is 15.1.